The van der Waals surface area contributed by atoms with Gasteiger partial charge in [-0.3, -0.25) is 4.72 Å². The molecular weight excluding hydrogens is 321 g/mol. The standard InChI is InChI=1S/C12H10FNO5S2/c1-19-7-2-3-8(13)9(6-7)14-21(17,18)11-5-4-10(20-11)12(15)16/h2-6,14H,1H3,(H,15,16). The van der Waals surface area contributed by atoms with Crippen LogP contribution in [0.25, 0.3) is 0 Å². The number of carboxylic acids is 1. The number of carboxylic acid groups (broad SMARTS) is 1. The minimum atomic E-state index is -4.06. The van der Waals surface area contributed by atoms with Gasteiger partial charge in [0.15, 0.2) is 0 Å². The maximum atomic E-state index is 13.6. The number of rotatable bonds is 5. The van der Waals surface area contributed by atoms with Gasteiger partial charge in [0.2, 0.25) is 0 Å². The van der Waals surface area contributed by atoms with E-state index in [-0.39, 0.29) is 20.5 Å². The van der Waals surface area contributed by atoms with E-state index >= 15 is 0 Å². The Kier molecular flexibility index (Phi) is 4.14. The van der Waals surface area contributed by atoms with Crippen LogP contribution < -0.4 is 9.46 Å². The SMILES string of the molecule is COc1ccc(F)c(NS(=O)(=O)c2ccc(C(=O)O)s2)c1. The molecule has 1 heterocycles. The van der Waals surface area contributed by atoms with Gasteiger partial charge in [-0.05, 0) is 24.3 Å². The average Bonchev–Trinajstić information content (AvgIpc) is 2.92. The van der Waals surface area contributed by atoms with Crippen molar-refractivity contribution in [2.75, 3.05) is 11.8 Å². The molecular formula is C12H10FNO5S2. The molecule has 112 valence electrons. The van der Waals surface area contributed by atoms with Gasteiger partial charge in [0.05, 0.1) is 12.8 Å². The van der Waals surface area contributed by atoms with Crippen molar-refractivity contribution >= 4 is 33.0 Å². The molecule has 1 aromatic carbocycles. The van der Waals surface area contributed by atoms with E-state index in [0.717, 1.165) is 12.1 Å². The van der Waals surface area contributed by atoms with Crippen LogP contribution in [0.3, 0.4) is 0 Å². The smallest absolute Gasteiger partial charge is 0.345 e. The number of ether oxygens (including phenoxy) is 1. The second-order valence-electron chi connectivity index (χ2n) is 3.88. The third-order valence-electron chi connectivity index (χ3n) is 2.47. The maximum Gasteiger partial charge on any atom is 0.345 e. The summed E-state index contributed by atoms with van der Waals surface area (Å²) >= 11 is 0.579. The molecule has 0 aliphatic heterocycles. The van der Waals surface area contributed by atoms with E-state index in [1.807, 2.05) is 0 Å². The summed E-state index contributed by atoms with van der Waals surface area (Å²) in [6.07, 6.45) is 0. The van der Waals surface area contributed by atoms with Crippen LogP contribution >= 0.6 is 11.3 Å². The van der Waals surface area contributed by atoms with Crippen LogP contribution in [0.2, 0.25) is 0 Å². The highest BCUT2D eigenvalue weighted by Gasteiger charge is 2.20. The molecule has 0 bridgehead atoms. The van der Waals surface area contributed by atoms with E-state index in [1.165, 1.54) is 25.3 Å². The summed E-state index contributed by atoms with van der Waals surface area (Å²) in [5, 5.41) is 8.78. The van der Waals surface area contributed by atoms with E-state index in [1.54, 1.807) is 0 Å². The normalized spacial score (nSPS) is 11.1. The quantitative estimate of drug-likeness (QED) is 0.877. The van der Waals surface area contributed by atoms with Gasteiger partial charge in [0.25, 0.3) is 10.0 Å². The van der Waals surface area contributed by atoms with Crippen molar-refractivity contribution in [1.29, 1.82) is 0 Å². The number of hydrogen-bond donors (Lipinski definition) is 2. The lowest BCUT2D eigenvalue weighted by molar-refractivity contribution is 0.0702. The summed E-state index contributed by atoms with van der Waals surface area (Å²) in [5.41, 5.74) is -0.278. The van der Waals surface area contributed by atoms with Crippen LogP contribution in [0.5, 0.6) is 5.75 Å². The molecule has 0 atom stereocenters. The van der Waals surface area contributed by atoms with Crippen molar-refractivity contribution in [3.8, 4) is 5.75 Å². The Balaban J connectivity index is 2.34. The highest BCUT2D eigenvalue weighted by molar-refractivity contribution is 7.94. The molecule has 2 aromatic rings. The Bertz CT molecular complexity index is 785. The molecule has 0 unspecified atom stereocenters. The van der Waals surface area contributed by atoms with Crippen molar-refractivity contribution in [2.24, 2.45) is 0 Å². The molecule has 2 N–H and O–H groups in total. The zero-order chi connectivity index (χ0) is 15.6. The Hall–Kier alpha value is -2.13. The number of nitrogens with one attached hydrogen (secondary N) is 1. The van der Waals surface area contributed by atoms with E-state index in [2.05, 4.69) is 4.72 Å². The lowest BCUT2D eigenvalue weighted by atomic mass is 10.3. The lowest BCUT2D eigenvalue weighted by Gasteiger charge is -2.08. The summed E-state index contributed by atoms with van der Waals surface area (Å²) in [7, 11) is -2.70. The van der Waals surface area contributed by atoms with Gasteiger partial charge in [-0.1, -0.05) is 0 Å². The highest BCUT2D eigenvalue weighted by atomic mass is 32.2. The Labute approximate surface area is 123 Å². The molecule has 0 radical (unpaired) electrons. The average molecular weight is 331 g/mol. The molecule has 1 aromatic heterocycles. The number of sulfonamides is 1. The molecule has 0 saturated carbocycles. The number of carbonyl (C=O) groups is 1. The number of thiophene rings is 1. The predicted octanol–water partition coefficient (Wildman–Crippen LogP) is 2.39. The predicted molar refractivity (Wildman–Crippen MR) is 75.0 cm³/mol. The minimum Gasteiger partial charge on any atom is -0.497 e. The molecule has 9 heteroatoms. The van der Waals surface area contributed by atoms with Crippen LogP contribution in [-0.4, -0.2) is 26.6 Å². The number of anilines is 1. The van der Waals surface area contributed by atoms with E-state index in [4.69, 9.17) is 9.84 Å². The number of aromatic carboxylic acids is 1. The fraction of sp³-hybridized carbons (Fsp3) is 0.0833. The number of benzene rings is 1. The largest absolute Gasteiger partial charge is 0.497 e. The first kappa shape index (κ1) is 15.3. The molecule has 0 aliphatic carbocycles. The zero-order valence-electron chi connectivity index (χ0n) is 10.7. The van der Waals surface area contributed by atoms with Gasteiger partial charge < -0.3 is 9.84 Å². The molecule has 2 rings (SSSR count). The Morgan fingerprint density at radius 2 is 2.05 bits per heavy atom. The molecule has 0 amide bonds. The minimum absolute atomic E-state index is 0.124. The summed E-state index contributed by atoms with van der Waals surface area (Å²) in [6.45, 7) is 0. The first-order valence-corrected chi connectivity index (χ1v) is 7.83. The monoisotopic (exact) mass is 331 g/mol. The first-order chi connectivity index (χ1) is 9.83. The van der Waals surface area contributed by atoms with Crippen LogP contribution in [0.4, 0.5) is 10.1 Å². The van der Waals surface area contributed by atoms with Crippen LogP contribution in [0.1, 0.15) is 9.67 Å². The topological polar surface area (TPSA) is 92.7 Å². The highest BCUT2D eigenvalue weighted by Crippen LogP contribution is 2.27. The van der Waals surface area contributed by atoms with Crippen molar-refractivity contribution in [3.63, 3.8) is 0 Å². The van der Waals surface area contributed by atoms with Gasteiger partial charge >= 0.3 is 5.97 Å². The van der Waals surface area contributed by atoms with Gasteiger partial charge in [-0.15, -0.1) is 11.3 Å². The maximum absolute atomic E-state index is 13.6. The third-order valence-corrected chi connectivity index (χ3v) is 5.41. The third kappa shape index (κ3) is 3.31. The fourth-order valence-corrected chi connectivity index (χ4v) is 3.69. The summed E-state index contributed by atoms with van der Waals surface area (Å²) in [4.78, 5) is 10.6. The molecule has 0 saturated heterocycles. The van der Waals surface area contributed by atoms with Crippen molar-refractivity contribution < 1.29 is 27.4 Å². The molecule has 0 aliphatic rings. The summed E-state index contributed by atoms with van der Waals surface area (Å²) in [5.74, 6) is -1.71. The van der Waals surface area contributed by atoms with Gasteiger partial charge in [0, 0.05) is 6.07 Å². The van der Waals surface area contributed by atoms with Gasteiger partial charge in [-0.25, -0.2) is 17.6 Å². The molecule has 21 heavy (non-hydrogen) atoms. The molecule has 0 spiro atoms. The van der Waals surface area contributed by atoms with E-state index in [9.17, 15) is 17.6 Å². The fourth-order valence-electron chi connectivity index (χ4n) is 1.48. The van der Waals surface area contributed by atoms with Gasteiger partial charge in [-0.2, -0.15) is 0 Å². The van der Waals surface area contributed by atoms with Crippen molar-refractivity contribution in [2.45, 2.75) is 4.21 Å². The summed E-state index contributed by atoms with van der Waals surface area (Å²) < 4.78 is 44.5. The molecule has 6 nitrogen and oxygen atoms in total. The second kappa shape index (κ2) is 5.70. The van der Waals surface area contributed by atoms with Crippen molar-refractivity contribution in [1.82, 2.24) is 0 Å². The number of hydrogen-bond acceptors (Lipinski definition) is 5. The number of halogens is 1. The van der Waals surface area contributed by atoms with Crippen LogP contribution in [0.15, 0.2) is 34.5 Å². The number of methoxy groups -OCH3 is 1. The second-order valence-corrected chi connectivity index (χ2v) is 6.87. The Morgan fingerprint density at radius 1 is 1.33 bits per heavy atom. The van der Waals surface area contributed by atoms with E-state index in [0.29, 0.717) is 11.3 Å². The van der Waals surface area contributed by atoms with Gasteiger partial charge in [0.1, 0.15) is 20.7 Å². The zero-order valence-corrected chi connectivity index (χ0v) is 12.3. The van der Waals surface area contributed by atoms with Crippen LogP contribution in [-0.2, 0) is 10.0 Å². The first-order valence-electron chi connectivity index (χ1n) is 5.53. The van der Waals surface area contributed by atoms with E-state index < -0.39 is 21.8 Å². The molecule has 0 fully saturated rings. The van der Waals surface area contributed by atoms with Crippen LogP contribution in [0, 0.1) is 5.82 Å². The summed E-state index contributed by atoms with van der Waals surface area (Å²) in [6, 6.07) is 5.92. The Morgan fingerprint density at radius 3 is 2.62 bits per heavy atom. The lowest BCUT2D eigenvalue weighted by Crippen LogP contribution is -2.12. The van der Waals surface area contributed by atoms with Crippen molar-refractivity contribution in [3.05, 3.63) is 41.0 Å².